The molecule has 18 heavy (non-hydrogen) atoms. The van der Waals surface area contributed by atoms with Gasteiger partial charge in [-0.25, -0.2) is 9.97 Å². The third-order valence-corrected chi connectivity index (χ3v) is 2.59. The van der Waals surface area contributed by atoms with E-state index in [1.807, 2.05) is 30.6 Å². The number of carbonyl (C=O) groups is 1. The van der Waals surface area contributed by atoms with Crippen molar-refractivity contribution in [3.63, 3.8) is 0 Å². The van der Waals surface area contributed by atoms with Crippen LogP contribution in [0.15, 0.2) is 23.2 Å². The van der Waals surface area contributed by atoms with Crippen LogP contribution in [0.3, 0.4) is 0 Å². The molecule has 0 aliphatic heterocycles. The summed E-state index contributed by atoms with van der Waals surface area (Å²) in [4.78, 5) is 20.0. The van der Waals surface area contributed by atoms with E-state index < -0.39 is 0 Å². The standard InChI is InChI=1S/C11H14BrN5O/c1-7(2)15-9(18)5-14-10-11-13-3-4-17(11)6-8(12)16-10/h3-4,6-7H,5H2,1-2H3,(H,14,16)(H,15,18). The van der Waals surface area contributed by atoms with Crippen molar-refractivity contribution in [3.8, 4) is 0 Å². The number of anilines is 1. The van der Waals surface area contributed by atoms with Gasteiger partial charge >= 0.3 is 0 Å². The number of aromatic nitrogens is 3. The minimum Gasteiger partial charge on any atom is -0.358 e. The molecule has 0 fully saturated rings. The zero-order chi connectivity index (χ0) is 13.1. The van der Waals surface area contributed by atoms with Crippen molar-refractivity contribution in [3.05, 3.63) is 23.2 Å². The highest BCUT2D eigenvalue weighted by atomic mass is 79.9. The van der Waals surface area contributed by atoms with Gasteiger partial charge in [-0.15, -0.1) is 0 Å². The molecule has 2 heterocycles. The SMILES string of the molecule is CC(C)NC(=O)CNc1nc(Br)cn2ccnc12. The number of carbonyl (C=O) groups excluding carboxylic acids is 1. The Morgan fingerprint density at radius 3 is 3.06 bits per heavy atom. The molecule has 0 aromatic carbocycles. The summed E-state index contributed by atoms with van der Waals surface area (Å²) in [6.45, 7) is 4.01. The highest BCUT2D eigenvalue weighted by molar-refractivity contribution is 9.10. The summed E-state index contributed by atoms with van der Waals surface area (Å²) < 4.78 is 2.51. The van der Waals surface area contributed by atoms with Gasteiger partial charge in [-0.05, 0) is 29.8 Å². The number of amides is 1. The first kappa shape index (κ1) is 12.8. The van der Waals surface area contributed by atoms with Gasteiger partial charge in [-0.3, -0.25) is 4.79 Å². The summed E-state index contributed by atoms with van der Waals surface area (Å²) >= 11 is 3.32. The molecular formula is C11H14BrN5O. The van der Waals surface area contributed by atoms with E-state index in [1.54, 1.807) is 6.20 Å². The van der Waals surface area contributed by atoms with Crippen LogP contribution in [0, 0.1) is 0 Å². The molecule has 0 aliphatic rings. The van der Waals surface area contributed by atoms with E-state index in [0.717, 1.165) is 0 Å². The molecule has 0 saturated carbocycles. The molecule has 6 nitrogen and oxygen atoms in total. The molecule has 0 radical (unpaired) electrons. The number of rotatable bonds is 4. The molecule has 0 bridgehead atoms. The van der Waals surface area contributed by atoms with E-state index in [0.29, 0.717) is 16.1 Å². The number of nitrogens with zero attached hydrogens (tertiary/aromatic N) is 3. The lowest BCUT2D eigenvalue weighted by molar-refractivity contribution is -0.119. The molecule has 2 aromatic heterocycles. The second-order valence-electron chi connectivity index (χ2n) is 4.15. The van der Waals surface area contributed by atoms with Crippen LogP contribution >= 0.6 is 15.9 Å². The number of halogens is 1. The fourth-order valence-electron chi connectivity index (χ4n) is 1.56. The number of nitrogens with one attached hydrogen (secondary N) is 2. The van der Waals surface area contributed by atoms with Crippen molar-refractivity contribution in [2.75, 3.05) is 11.9 Å². The van der Waals surface area contributed by atoms with Crippen LogP contribution < -0.4 is 10.6 Å². The molecule has 96 valence electrons. The van der Waals surface area contributed by atoms with E-state index in [-0.39, 0.29) is 18.5 Å². The van der Waals surface area contributed by atoms with Gasteiger partial charge in [0.05, 0.1) is 6.54 Å². The van der Waals surface area contributed by atoms with Crippen LogP contribution in [0.5, 0.6) is 0 Å². The normalized spacial score (nSPS) is 10.9. The molecule has 0 unspecified atom stereocenters. The van der Waals surface area contributed by atoms with Crippen molar-refractivity contribution < 1.29 is 4.79 Å². The lowest BCUT2D eigenvalue weighted by Crippen LogP contribution is -2.35. The van der Waals surface area contributed by atoms with Gasteiger partial charge in [0.15, 0.2) is 11.5 Å². The highest BCUT2D eigenvalue weighted by Gasteiger charge is 2.08. The van der Waals surface area contributed by atoms with Crippen LogP contribution in [-0.4, -0.2) is 32.9 Å². The van der Waals surface area contributed by atoms with E-state index in [4.69, 9.17) is 0 Å². The van der Waals surface area contributed by atoms with Crippen LogP contribution in [0.2, 0.25) is 0 Å². The van der Waals surface area contributed by atoms with Gasteiger partial charge in [0, 0.05) is 24.6 Å². The van der Waals surface area contributed by atoms with Gasteiger partial charge in [0.1, 0.15) is 4.60 Å². The Labute approximate surface area is 113 Å². The predicted octanol–water partition coefficient (Wildman–Crippen LogP) is 1.43. The van der Waals surface area contributed by atoms with Gasteiger partial charge in [-0.1, -0.05) is 0 Å². The van der Waals surface area contributed by atoms with Crippen molar-refractivity contribution in [1.29, 1.82) is 0 Å². The minimum atomic E-state index is -0.0727. The second kappa shape index (κ2) is 5.34. The van der Waals surface area contributed by atoms with E-state index in [1.165, 1.54) is 0 Å². The topological polar surface area (TPSA) is 71.3 Å². The van der Waals surface area contributed by atoms with Crippen molar-refractivity contribution in [2.45, 2.75) is 19.9 Å². The second-order valence-corrected chi connectivity index (χ2v) is 4.96. The molecule has 0 atom stereocenters. The summed E-state index contributed by atoms with van der Waals surface area (Å²) in [6.07, 6.45) is 5.31. The van der Waals surface area contributed by atoms with E-state index >= 15 is 0 Å². The molecular weight excluding hydrogens is 298 g/mol. The lowest BCUT2D eigenvalue weighted by atomic mass is 10.4. The first-order chi connectivity index (χ1) is 8.56. The molecule has 1 amide bonds. The molecule has 2 rings (SSSR count). The largest absolute Gasteiger partial charge is 0.358 e. The van der Waals surface area contributed by atoms with Crippen molar-refractivity contribution in [1.82, 2.24) is 19.7 Å². The Kier molecular flexibility index (Phi) is 3.81. The molecule has 0 spiro atoms. The van der Waals surface area contributed by atoms with Gasteiger partial charge < -0.3 is 15.0 Å². The first-order valence-corrected chi connectivity index (χ1v) is 6.38. The maximum atomic E-state index is 11.5. The van der Waals surface area contributed by atoms with Crippen LogP contribution in [0.1, 0.15) is 13.8 Å². The number of hydrogen-bond donors (Lipinski definition) is 2. The van der Waals surface area contributed by atoms with E-state index in [2.05, 4.69) is 36.5 Å². The monoisotopic (exact) mass is 311 g/mol. The fraction of sp³-hybridized carbons (Fsp3) is 0.364. The maximum Gasteiger partial charge on any atom is 0.239 e. The summed E-state index contributed by atoms with van der Waals surface area (Å²) in [5.41, 5.74) is 0.690. The Morgan fingerprint density at radius 2 is 2.33 bits per heavy atom. The van der Waals surface area contributed by atoms with Crippen molar-refractivity contribution in [2.24, 2.45) is 0 Å². The van der Waals surface area contributed by atoms with Crippen molar-refractivity contribution >= 4 is 33.3 Å². The van der Waals surface area contributed by atoms with Gasteiger partial charge in [0.2, 0.25) is 5.91 Å². The molecule has 2 N–H and O–H groups in total. The molecule has 2 aromatic rings. The summed E-state index contributed by atoms with van der Waals surface area (Å²) in [5, 5.41) is 5.78. The number of fused-ring (bicyclic) bond motifs is 1. The van der Waals surface area contributed by atoms with Crippen LogP contribution in [0.25, 0.3) is 5.65 Å². The maximum absolute atomic E-state index is 11.5. The van der Waals surface area contributed by atoms with Gasteiger partial charge in [0.25, 0.3) is 0 Å². The molecule has 0 aliphatic carbocycles. The average Bonchev–Trinajstić information content (AvgIpc) is 2.72. The van der Waals surface area contributed by atoms with Crippen LogP contribution in [0.4, 0.5) is 5.82 Å². The zero-order valence-corrected chi connectivity index (χ0v) is 11.7. The minimum absolute atomic E-state index is 0.0727. The Hall–Kier alpha value is -1.63. The highest BCUT2D eigenvalue weighted by Crippen LogP contribution is 2.16. The lowest BCUT2D eigenvalue weighted by Gasteiger charge is -2.10. The smallest absolute Gasteiger partial charge is 0.239 e. The number of imidazole rings is 1. The third-order valence-electron chi connectivity index (χ3n) is 2.21. The van der Waals surface area contributed by atoms with Crippen LogP contribution in [-0.2, 0) is 4.79 Å². The average molecular weight is 312 g/mol. The van der Waals surface area contributed by atoms with E-state index in [9.17, 15) is 4.79 Å². The summed E-state index contributed by atoms with van der Waals surface area (Å²) in [7, 11) is 0. The Bertz CT molecular complexity index is 566. The predicted molar refractivity (Wildman–Crippen MR) is 72.5 cm³/mol. The molecule has 0 saturated heterocycles. The molecule has 7 heteroatoms. The first-order valence-electron chi connectivity index (χ1n) is 5.58. The fourth-order valence-corrected chi connectivity index (χ4v) is 1.95. The Morgan fingerprint density at radius 1 is 1.56 bits per heavy atom. The third kappa shape index (κ3) is 2.98. The number of hydrogen-bond acceptors (Lipinski definition) is 4. The zero-order valence-electron chi connectivity index (χ0n) is 10.1. The Balaban J connectivity index is 2.11. The van der Waals surface area contributed by atoms with Gasteiger partial charge in [-0.2, -0.15) is 0 Å². The summed E-state index contributed by atoms with van der Waals surface area (Å²) in [5.74, 6) is 0.504. The quantitative estimate of drug-likeness (QED) is 0.896. The summed E-state index contributed by atoms with van der Waals surface area (Å²) in [6, 6.07) is 0.126.